The Kier molecular flexibility index (Phi) is 7.28. The maximum absolute atomic E-state index is 6.05. The Morgan fingerprint density at radius 3 is 2.62 bits per heavy atom. The van der Waals surface area contributed by atoms with Crippen molar-refractivity contribution < 1.29 is 13.9 Å². The van der Waals surface area contributed by atoms with Crippen LogP contribution in [0.25, 0.3) is 0 Å². The predicted molar refractivity (Wildman–Crippen MR) is 68.5 cm³/mol. The lowest BCUT2D eigenvalue weighted by Crippen LogP contribution is -2.22. The van der Waals surface area contributed by atoms with E-state index in [2.05, 4.69) is 20.8 Å². The van der Waals surface area contributed by atoms with Gasteiger partial charge in [0.2, 0.25) is 0 Å². The van der Waals surface area contributed by atoms with E-state index < -0.39 is 9.04 Å². The lowest BCUT2D eigenvalue weighted by Gasteiger charge is -2.19. The van der Waals surface area contributed by atoms with E-state index in [0.29, 0.717) is 12.2 Å². The number of epoxide rings is 1. The molecule has 96 valence electrons. The highest BCUT2D eigenvalue weighted by Gasteiger charge is 2.22. The summed E-state index contributed by atoms with van der Waals surface area (Å²) in [5.74, 6) is 0. The molecule has 0 aromatic heterocycles. The minimum atomic E-state index is -0.876. The van der Waals surface area contributed by atoms with Gasteiger partial charge in [-0.25, -0.2) is 0 Å². The van der Waals surface area contributed by atoms with Crippen molar-refractivity contribution in [1.29, 1.82) is 0 Å². The van der Waals surface area contributed by atoms with Crippen molar-refractivity contribution in [3.63, 3.8) is 0 Å². The van der Waals surface area contributed by atoms with Crippen molar-refractivity contribution in [1.82, 2.24) is 0 Å². The van der Waals surface area contributed by atoms with Crippen LogP contribution in [0.15, 0.2) is 0 Å². The van der Waals surface area contributed by atoms with Crippen LogP contribution in [0.3, 0.4) is 0 Å². The van der Waals surface area contributed by atoms with E-state index in [1.54, 1.807) is 0 Å². The van der Waals surface area contributed by atoms with Gasteiger partial charge in [0.05, 0.1) is 13.2 Å². The van der Waals surface area contributed by atoms with Gasteiger partial charge in [-0.05, 0) is 31.9 Å². The van der Waals surface area contributed by atoms with Crippen LogP contribution < -0.4 is 0 Å². The molecule has 1 fully saturated rings. The van der Waals surface area contributed by atoms with Gasteiger partial charge in [0.1, 0.15) is 6.10 Å². The van der Waals surface area contributed by atoms with Gasteiger partial charge in [0, 0.05) is 12.7 Å². The van der Waals surface area contributed by atoms with Gasteiger partial charge < -0.3 is 13.9 Å². The zero-order valence-electron chi connectivity index (χ0n) is 10.9. The van der Waals surface area contributed by atoms with Crippen molar-refractivity contribution in [2.45, 2.75) is 57.9 Å². The van der Waals surface area contributed by atoms with E-state index in [1.807, 2.05) is 0 Å². The minimum absolute atomic E-state index is 0.394. The smallest absolute Gasteiger partial charge is 0.176 e. The van der Waals surface area contributed by atoms with Crippen molar-refractivity contribution in [2.24, 2.45) is 0 Å². The Labute approximate surface area is 101 Å². The first-order valence-corrected chi connectivity index (χ1v) is 8.71. The average Bonchev–Trinajstić information content (AvgIpc) is 3.09. The zero-order chi connectivity index (χ0) is 11.8. The summed E-state index contributed by atoms with van der Waals surface area (Å²) >= 11 is 0. The molecule has 0 aromatic rings. The van der Waals surface area contributed by atoms with E-state index in [1.165, 1.54) is 12.1 Å². The van der Waals surface area contributed by atoms with Crippen LogP contribution in [0, 0.1) is 0 Å². The molecule has 0 amide bonds. The Balaban J connectivity index is 1.89. The van der Waals surface area contributed by atoms with E-state index in [4.69, 9.17) is 13.9 Å². The van der Waals surface area contributed by atoms with Crippen LogP contribution in [0.2, 0.25) is 12.1 Å². The van der Waals surface area contributed by atoms with Crippen molar-refractivity contribution in [3.8, 4) is 0 Å². The van der Waals surface area contributed by atoms with Crippen LogP contribution in [-0.2, 0) is 13.9 Å². The van der Waals surface area contributed by atoms with Crippen LogP contribution >= 0.6 is 0 Å². The highest BCUT2D eigenvalue weighted by Crippen LogP contribution is 2.11. The molecule has 0 bridgehead atoms. The van der Waals surface area contributed by atoms with Crippen molar-refractivity contribution >= 4 is 9.04 Å². The van der Waals surface area contributed by atoms with Gasteiger partial charge in [-0.3, -0.25) is 0 Å². The third-order valence-corrected chi connectivity index (χ3v) is 5.61. The average molecular weight is 246 g/mol. The molecule has 2 unspecified atom stereocenters. The number of hydrogen-bond acceptors (Lipinski definition) is 3. The van der Waals surface area contributed by atoms with Crippen molar-refractivity contribution in [3.05, 3.63) is 0 Å². The molecule has 0 N–H and O–H groups in total. The first kappa shape index (κ1) is 14.2. The largest absolute Gasteiger partial charge is 0.417 e. The fourth-order valence-electron chi connectivity index (χ4n) is 1.73. The van der Waals surface area contributed by atoms with E-state index in [0.717, 1.165) is 32.7 Å². The quantitative estimate of drug-likeness (QED) is 0.337. The van der Waals surface area contributed by atoms with E-state index in [9.17, 15) is 0 Å². The van der Waals surface area contributed by atoms with Gasteiger partial charge in [0.25, 0.3) is 0 Å². The summed E-state index contributed by atoms with van der Waals surface area (Å²) < 4.78 is 16.6. The molecule has 1 rings (SSSR count). The second-order valence-corrected chi connectivity index (χ2v) is 7.71. The number of hydrogen-bond donors (Lipinski definition) is 0. The van der Waals surface area contributed by atoms with Gasteiger partial charge >= 0.3 is 0 Å². The third kappa shape index (κ3) is 6.63. The molecule has 0 radical (unpaired) electrons. The minimum Gasteiger partial charge on any atom is -0.417 e. The van der Waals surface area contributed by atoms with Crippen molar-refractivity contribution in [2.75, 3.05) is 19.8 Å². The third-order valence-electron chi connectivity index (χ3n) is 2.94. The Hall–Kier alpha value is 0.0969. The van der Waals surface area contributed by atoms with E-state index in [-0.39, 0.29) is 0 Å². The summed E-state index contributed by atoms with van der Waals surface area (Å²) in [4.78, 5) is 0. The van der Waals surface area contributed by atoms with Crippen LogP contribution in [-0.4, -0.2) is 41.1 Å². The molecule has 3 nitrogen and oxygen atoms in total. The molecule has 0 aromatic carbocycles. The summed E-state index contributed by atoms with van der Waals surface area (Å²) in [5.41, 5.74) is 0. The molecule has 2 atom stereocenters. The molecule has 1 saturated heterocycles. The van der Waals surface area contributed by atoms with Crippen LogP contribution in [0.5, 0.6) is 0 Å². The molecule has 0 saturated carbocycles. The summed E-state index contributed by atoms with van der Waals surface area (Å²) in [6, 6.07) is 2.49. The first-order chi connectivity index (χ1) is 7.76. The molecule has 0 spiro atoms. The standard InChI is InChI=1S/C12H26O3Si/c1-4-16(5-2)15-11(3)7-6-8-13-9-12-10-14-12/h11-12,16H,4-10H2,1-3H3. The molecular weight excluding hydrogens is 220 g/mol. The molecule has 1 aliphatic heterocycles. The van der Waals surface area contributed by atoms with Crippen LogP contribution in [0.4, 0.5) is 0 Å². The Bertz CT molecular complexity index is 170. The van der Waals surface area contributed by atoms with Gasteiger partial charge in [-0.15, -0.1) is 0 Å². The molecule has 1 aliphatic rings. The molecule has 16 heavy (non-hydrogen) atoms. The fraction of sp³-hybridized carbons (Fsp3) is 1.00. The summed E-state index contributed by atoms with van der Waals surface area (Å²) in [6.07, 6.45) is 3.03. The Morgan fingerprint density at radius 2 is 2.06 bits per heavy atom. The first-order valence-electron chi connectivity index (χ1n) is 6.61. The normalized spacial score (nSPS) is 21.4. The van der Waals surface area contributed by atoms with E-state index >= 15 is 0 Å². The highest BCUT2D eigenvalue weighted by molar-refractivity contribution is 6.51. The zero-order valence-corrected chi connectivity index (χ0v) is 12.1. The maximum Gasteiger partial charge on any atom is 0.176 e. The molecular formula is C12H26O3Si. The molecule has 1 heterocycles. The lowest BCUT2D eigenvalue weighted by atomic mass is 10.2. The fourth-order valence-corrected chi connectivity index (χ4v) is 3.48. The van der Waals surface area contributed by atoms with Gasteiger partial charge in [-0.1, -0.05) is 13.8 Å². The maximum atomic E-state index is 6.05. The summed E-state index contributed by atoms with van der Waals surface area (Å²) in [5, 5.41) is 0. The monoisotopic (exact) mass is 246 g/mol. The lowest BCUT2D eigenvalue weighted by molar-refractivity contribution is 0.103. The summed E-state index contributed by atoms with van der Waals surface area (Å²) in [6.45, 7) is 9.18. The Morgan fingerprint density at radius 1 is 1.38 bits per heavy atom. The number of rotatable bonds is 10. The SMILES string of the molecule is CC[SiH](CC)OC(C)CCCOCC1CO1. The highest BCUT2D eigenvalue weighted by atomic mass is 28.3. The predicted octanol–water partition coefficient (Wildman–Crippen LogP) is 2.35. The van der Waals surface area contributed by atoms with Gasteiger partial charge in [0.15, 0.2) is 9.04 Å². The number of ether oxygens (including phenoxy) is 2. The summed E-state index contributed by atoms with van der Waals surface area (Å²) in [7, 11) is -0.876. The second-order valence-electron chi connectivity index (χ2n) is 4.56. The van der Waals surface area contributed by atoms with Crippen LogP contribution in [0.1, 0.15) is 33.6 Å². The molecule has 4 heteroatoms. The molecule has 0 aliphatic carbocycles. The second kappa shape index (κ2) is 8.23. The topological polar surface area (TPSA) is 31.0 Å². The van der Waals surface area contributed by atoms with Gasteiger partial charge in [-0.2, -0.15) is 0 Å².